The molecule has 2 unspecified atom stereocenters. The van der Waals surface area contributed by atoms with Crippen LogP contribution in [-0.4, -0.2) is 30.8 Å². The first-order valence-corrected chi connectivity index (χ1v) is 5.56. The van der Waals surface area contributed by atoms with Gasteiger partial charge in [-0.25, -0.2) is 0 Å². The number of morpholine rings is 1. The molecule has 15 heavy (non-hydrogen) atoms. The molecule has 0 aromatic carbocycles. The molecule has 0 spiro atoms. The van der Waals surface area contributed by atoms with Gasteiger partial charge < -0.3 is 10.1 Å². The number of rotatable bonds is 3. The second-order valence-corrected chi connectivity index (χ2v) is 3.81. The summed E-state index contributed by atoms with van der Waals surface area (Å²) in [4.78, 5) is 4.39. The fraction of sp³-hybridized carbons (Fsp3) is 0.583. The molecule has 2 heterocycles. The summed E-state index contributed by atoms with van der Waals surface area (Å²) in [6, 6.07) is 6.87. The highest BCUT2D eigenvalue weighted by Crippen LogP contribution is 2.24. The lowest BCUT2D eigenvalue weighted by atomic mass is 9.94. The van der Waals surface area contributed by atoms with Crippen molar-refractivity contribution in [3.05, 3.63) is 30.1 Å². The summed E-state index contributed by atoms with van der Waals surface area (Å²) in [5.41, 5.74) is 1.09. The van der Waals surface area contributed by atoms with E-state index in [0.29, 0.717) is 5.92 Å². The largest absolute Gasteiger partial charge is 0.375 e. The first-order valence-electron chi connectivity index (χ1n) is 5.56. The molecular weight excluding hydrogens is 188 g/mol. The van der Waals surface area contributed by atoms with Gasteiger partial charge in [-0.3, -0.25) is 4.98 Å². The number of pyridine rings is 1. The zero-order valence-electron chi connectivity index (χ0n) is 9.07. The van der Waals surface area contributed by atoms with E-state index in [-0.39, 0.29) is 6.10 Å². The van der Waals surface area contributed by atoms with Crippen LogP contribution in [0.15, 0.2) is 18.3 Å². The summed E-state index contributed by atoms with van der Waals surface area (Å²) < 4.78 is 5.77. The first kappa shape index (κ1) is 10.6. The minimum Gasteiger partial charge on any atom is -0.375 e. The number of hydrogen-bond donors (Lipinski definition) is 1. The summed E-state index contributed by atoms with van der Waals surface area (Å²) in [6.45, 7) is 4.87. The van der Waals surface area contributed by atoms with Gasteiger partial charge in [0, 0.05) is 30.9 Å². The molecule has 1 radical (unpaired) electrons. The highest BCUT2D eigenvalue weighted by molar-refractivity contribution is 5.10. The molecule has 1 saturated heterocycles. The highest BCUT2D eigenvalue weighted by Gasteiger charge is 2.25. The molecule has 1 fully saturated rings. The standard InChI is InChI=1S/C12H17N2O/c1-2-10(11-5-3-4-6-14-11)12-9-13-7-8-15-12/h4-6,10,12-13H,2,7-9H2,1H3. The Hall–Kier alpha value is -0.930. The van der Waals surface area contributed by atoms with Gasteiger partial charge in [0.2, 0.25) is 0 Å². The van der Waals surface area contributed by atoms with Gasteiger partial charge in [0.15, 0.2) is 0 Å². The van der Waals surface area contributed by atoms with Crippen molar-refractivity contribution in [1.29, 1.82) is 0 Å². The van der Waals surface area contributed by atoms with Crippen LogP contribution < -0.4 is 5.32 Å². The van der Waals surface area contributed by atoms with Gasteiger partial charge in [0.05, 0.1) is 12.7 Å². The molecule has 2 atom stereocenters. The number of ether oxygens (including phenoxy) is 1. The Bertz CT molecular complexity index is 283. The van der Waals surface area contributed by atoms with Gasteiger partial charge in [-0.2, -0.15) is 0 Å². The van der Waals surface area contributed by atoms with E-state index in [2.05, 4.69) is 23.3 Å². The molecule has 0 amide bonds. The summed E-state index contributed by atoms with van der Waals surface area (Å²) in [7, 11) is 0. The van der Waals surface area contributed by atoms with E-state index in [1.54, 1.807) is 6.20 Å². The average molecular weight is 205 g/mol. The molecule has 2 rings (SSSR count). The molecule has 1 aromatic heterocycles. The van der Waals surface area contributed by atoms with Crippen LogP contribution in [0.2, 0.25) is 0 Å². The van der Waals surface area contributed by atoms with Crippen molar-refractivity contribution < 1.29 is 4.74 Å². The topological polar surface area (TPSA) is 34.2 Å². The Morgan fingerprint density at radius 2 is 2.67 bits per heavy atom. The van der Waals surface area contributed by atoms with Gasteiger partial charge in [-0.05, 0) is 24.6 Å². The molecule has 1 N–H and O–H groups in total. The van der Waals surface area contributed by atoms with Crippen LogP contribution in [0.4, 0.5) is 0 Å². The minimum atomic E-state index is 0.257. The molecule has 1 aromatic rings. The van der Waals surface area contributed by atoms with Crippen molar-refractivity contribution in [3.63, 3.8) is 0 Å². The molecule has 0 saturated carbocycles. The number of hydrogen-bond acceptors (Lipinski definition) is 3. The predicted molar refractivity (Wildman–Crippen MR) is 58.7 cm³/mol. The Labute approximate surface area is 90.9 Å². The molecule has 0 bridgehead atoms. The Morgan fingerprint density at radius 3 is 3.27 bits per heavy atom. The van der Waals surface area contributed by atoms with E-state index in [4.69, 9.17) is 4.74 Å². The fourth-order valence-corrected chi connectivity index (χ4v) is 2.05. The van der Waals surface area contributed by atoms with Gasteiger partial charge in [0.25, 0.3) is 0 Å². The maximum absolute atomic E-state index is 5.77. The summed E-state index contributed by atoms with van der Waals surface area (Å²) >= 11 is 0. The van der Waals surface area contributed by atoms with Crippen LogP contribution >= 0.6 is 0 Å². The van der Waals surface area contributed by atoms with Crippen molar-refractivity contribution in [1.82, 2.24) is 10.3 Å². The van der Waals surface area contributed by atoms with E-state index < -0.39 is 0 Å². The zero-order valence-corrected chi connectivity index (χ0v) is 9.07. The number of aromatic nitrogens is 1. The van der Waals surface area contributed by atoms with Crippen LogP contribution in [-0.2, 0) is 4.74 Å². The van der Waals surface area contributed by atoms with Crippen molar-refractivity contribution in [2.45, 2.75) is 25.4 Å². The second-order valence-electron chi connectivity index (χ2n) is 3.81. The van der Waals surface area contributed by atoms with Crippen LogP contribution in [0.1, 0.15) is 25.0 Å². The third kappa shape index (κ3) is 2.55. The third-order valence-corrected chi connectivity index (χ3v) is 2.85. The minimum absolute atomic E-state index is 0.257. The summed E-state index contributed by atoms with van der Waals surface area (Å²) in [5, 5.41) is 3.36. The van der Waals surface area contributed by atoms with Crippen LogP contribution in [0.25, 0.3) is 0 Å². The molecule has 1 aliphatic heterocycles. The molecule has 3 nitrogen and oxygen atoms in total. The lowest BCUT2D eigenvalue weighted by Gasteiger charge is -2.30. The molecular formula is C12H17N2O. The van der Waals surface area contributed by atoms with Crippen LogP contribution in [0, 0.1) is 6.07 Å². The van der Waals surface area contributed by atoms with E-state index in [9.17, 15) is 0 Å². The number of nitrogens with one attached hydrogen (secondary N) is 1. The third-order valence-electron chi connectivity index (χ3n) is 2.85. The Morgan fingerprint density at radius 1 is 1.73 bits per heavy atom. The SMILES string of the molecule is CCC(c1c[c]ccn1)C1CNCCO1. The first-order chi connectivity index (χ1) is 7.42. The van der Waals surface area contributed by atoms with E-state index in [1.165, 1.54) is 0 Å². The normalized spacial score (nSPS) is 23.7. The van der Waals surface area contributed by atoms with Crippen LogP contribution in [0.5, 0.6) is 0 Å². The molecule has 81 valence electrons. The van der Waals surface area contributed by atoms with Crippen molar-refractivity contribution in [3.8, 4) is 0 Å². The van der Waals surface area contributed by atoms with E-state index in [0.717, 1.165) is 31.8 Å². The maximum Gasteiger partial charge on any atom is 0.0783 e. The smallest absolute Gasteiger partial charge is 0.0783 e. The lowest BCUT2D eigenvalue weighted by molar-refractivity contribution is 0.00940. The van der Waals surface area contributed by atoms with Gasteiger partial charge in [-0.1, -0.05) is 6.92 Å². The zero-order chi connectivity index (χ0) is 10.5. The fourth-order valence-electron chi connectivity index (χ4n) is 2.05. The summed E-state index contributed by atoms with van der Waals surface area (Å²) in [6.07, 6.45) is 3.11. The van der Waals surface area contributed by atoms with Gasteiger partial charge >= 0.3 is 0 Å². The maximum atomic E-state index is 5.77. The van der Waals surface area contributed by atoms with Crippen molar-refractivity contribution in [2.75, 3.05) is 19.7 Å². The summed E-state index contributed by atoms with van der Waals surface area (Å²) in [5.74, 6) is 0.384. The molecule has 1 aliphatic rings. The highest BCUT2D eigenvalue weighted by atomic mass is 16.5. The van der Waals surface area contributed by atoms with Crippen molar-refractivity contribution in [2.24, 2.45) is 0 Å². The quantitative estimate of drug-likeness (QED) is 0.809. The monoisotopic (exact) mass is 205 g/mol. The van der Waals surface area contributed by atoms with Gasteiger partial charge in [0.1, 0.15) is 0 Å². The molecule has 0 aliphatic carbocycles. The van der Waals surface area contributed by atoms with Gasteiger partial charge in [-0.15, -0.1) is 0 Å². The lowest BCUT2D eigenvalue weighted by Crippen LogP contribution is -2.41. The van der Waals surface area contributed by atoms with Crippen LogP contribution in [0.3, 0.4) is 0 Å². The van der Waals surface area contributed by atoms with E-state index in [1.807, 2.05) is 12.1 Å². The Kier molecular flexibility index (Phi) is 3.69. The molecule has 3 heteroatoms. The van der Waals surface area contributed by atoms with Crippen molar-refractivity contribution >= 4 is 0 Å². The second kappa shape index (κ2) is 5.24. The number of nitrogens with zero attached hydrogens (tertiary/aromatic N) is 1. The predicted octanol–water partition coefficient (Wildman–Crippen LogP) is 1.36. The Balaban J connectivity index is 2.09. The van der Waals surface area contributed by atoms with E-state index >= 15 is 0 Å². The average Bonchev–Trinajstić information content (AvgIpc) is 2.33.